The van der Waals surface area contributed by atoms with Crippen molar-refractivity contribution in [3.05, 3.63) is 64.3 Å². The Morgan fingerprint density at radius 2 is 2.03 bits per heavy atom. The molecule has 1 aliphatic rings. The van der Waals surface area contributed by atoms with E-state index in [1.54, 1.807) is 17.6 Å². The minimum Gasteiger partial charge on any atom is -0.444 e. The molecule has 0 bridgehead atoms. The molecule has 4 rings (SSSR count). The Hall–Kier alpha value is -2.19. The monoisotopic (exact) mass is 431 g/mol. The lowest BCUT2D eigenvalue weighted by Gasteiger charge is -2.35. The Labute approximate surface area is 178 Å². The molecule has 1 saturated heterocycles. The molecule has 1 unspecified atom stereocenters. The van der Waals surface area contributed by atoms with Crippen molar-refractivity contribution < 1.29 is 13.9 Å². The van der Waals surface area contributed by atoms with Crippen molar-refractivity contribution in [1.82, 2.24) is 15.2 Å². The fourth-order valence-electron chi connectivity index (χ4n) is 3.37. The molecule has 1 atom stereocenters. The SMILES string of the molecule is O=C(Cc1coc(-c2cccs2)n1)NCC(c1ccc(Cl)cc1)N1CCOCC1. The summed E-state index contributed by atoms with van der Waals surface area (Å²) in [6.45, 7) is 3.56. The quantitative estimate of drug-likeness (QED) is 0.616. The number of carbonyl (C=O) groups excluding carboxylic acids is 1. The minimum atomic E-state index is -0.0803. The summed E-state index contributed by atoms with van der Waals surface area (Å²) in [5, 5.41) is 5.72. The van der Waals surface area contributed by atoms with Crippen molar-refractivity contribution in [3.63, 3.8) is 0 Å². The van der Waals surface area contributed by atoms with Gasteiger partial charge in [-0.3, -0.25) is 9.69 Å². The van der Waals surface area contributed by atoms with Gasteiger partial charge in [0.05, 0.1) is 36.2 Å². The van der Waals surface area contributed by atoms with Gasteiger partial charge in [-0.15, -0.1) is 11.3 Å². The number of ether oxygens (including phenoxy) is 1. The first kappa shape index (κ1) is 20.1. The summed E-state index contributed by atoms with van der Waals surface area (Å²) < 4.78 is 11.0. The van der Waals surface area contributed by atoms with E-state index in [2.05, 4.69) is 15.2 Å². The van der Waals surface area contributed by atoms with E-state index < -0.39 is 0 Å². The fourth-order valence-corrected chi connectivity index (χ4v) is 4.15. The van der Waals surface area contributed by atoms with Crippen LogP contribution in [0.4, 0.5) is 0 Å². The van der Waals surface area contributed by atoms with Gasteiger partial charge >= 0.3 is 0 Å². The second-order valence-electron chi connectivity index (χ2n) is 6.82. The van der Waals surface area contributed by atoms with Gasteiger partial charge in [0.25, 0.3) is 0 Å². The van der Waals surface area contributed by atoms with Crippen LogP contribution in [0.1, 0.15) is 17.3 Å². The van der Waals surface area contributed by atoms with Gasteiger partial charge in [-0.25, -0.2) is 4.98 Å². The number of rotatable bonds is 7. The number of benzene rings is 1. The molecule has 0 spiro atoms. The van der Waals surface area contributed by atoms with Crippen molar-refractivity contribution in [2.24, 2.45) is 0 Å². The summed E-state index contributed by atoms with van der Waals surface area (Å²) in [5.41, 5.74) is 1.75. The summed E-state index contributed by atoms with van der Waals surface area (Å²) >= 11 is 7.60. The maximum atomic E-state index is 12.5. The van der Waals surface area contributed by atoms with Gasteiger partial charge in [-0.05, 0) is 29.1 Å². The maximum Gasteiger partial charge on any atom is 0.236 e. The molecule has 1 amide bonds. The molecular weight excluding hydrogens is 410 g/mol. The Bertz CT molecular complexity index is 921. The standard InChI is InChI=1S/C21H22ClN3O3S/c22-16-5-3-15(4-6-16)18(25-7-9-27-10-8-25)13-23-20(26)12-17-14-28-21(24-17)19-2-1-11-29-19/h1-6,11,14,18H,7-10,12-13H2,(H,23,26). The third-order valence-electron chi connectivity index (χ3n) is 4.86. The topological polar surface area (TPSA) is 67.6 Å². The van der Waals surface area contributed by atoms with Crippen molar-refractivity contribution in [2.75, 3.05) is 32.8 Å². The summed E-state index contributed by atoms with van der Waals surface area (Å²) in [7, 11) is 0. The summed E-state index contributed by atoms with van der Waals surface area (Å²) in [6, 6.07) is 11.7. The van der Waals surface area contributed by atoms with E-state index in [-0.39, 0.29) is 18.4 Å². The first-order chi connectivity index (χ1) is 14.2. The number of morpholine rings is 1. The van der Waals surface area contributed by atoms with Crippen LogP contribution in [-0.4, -0.2) is 48.6 Å². The molecule has 0 radical (unpaired) electrons. The van der Waals surface area contributed by atoms with Crippen LogP contribution in [0.25, 0.3) is 10.8 Å². The number of thiophene rings is 1. The van der Waals surface area contributed by atoms with Gasteiger partial charge in [0.1, 0.15) is 6.26 Å². The number of carbonyl (C=O) groups is 1. The number of nitrogens with zero attached hydrogens (tertiary/aromatic N) is 2. The Kier molecular flexibility index (Phi) is 6.61. The van der Waals surface area contributed by atoms with Crippen LogP contribution in [0.3, 0.4) is 0 Å². The lowest BCUT2D eigenvalue weighted by Crippen LogP contribution is -2.44. The highest BCUT2D eigenvalue weighted by Crippen LogP contribution is 2.24. The minimum absolute atomic E-state index is 0.0686. The van der Waals surface area contributed by atoms with Crippen molar-refractivity contribution >= 4 is 28.8 Å². The van der Waals surface area contributed by atoms with Crippen LogP contribution >= 0.6 is 22.9 Å². The van der Waals surface area contributed by atoms with Gasteiger partial charge in [-0.2, -0.15) is 0 Å². The van der Waals surface area contributed by atoms with Crippen molar-refractivity contribution in [3.8, 4) is 10.8 Å². The molecule has 6 nitrogen and oxygen atoms in total. The Morgan fingerprint density at radius 1 is 1.24 bits per heavy atom. The van der Waals surface area contributed by atoms with E-state index in [0.717, 1.165) is 23.5 Å². The smallest absolute Gasteiger partial charge is 0.236 e. The zero-order valence-electron chi connectivity index (χ0n) is 15.8. The summed E-state index contributed by atoms with van der Waals surface area (Å²) in [6.07, 6.45) is 1.73. The van der Waals surface area contributed by atoms with Gasteiger partial charge in [0.2, 0.25) is 11.8 Å². The molecule has 0 aliphatic carbocycles. The van der Waals surface area contributed by atoms with E-state index in [0.29, 0.717) is 36.4 Å². The highest BCUT2D eigenvalue weighted by atomic mass is 35.5. The molecule has 152 valence electrons. The van der Waals surface area contributed by atoms with Gasteiger partial charge < -0.3 is 14.5 Å². The fraction of sp³-hybridized carbons (Fsp3) is 0.333. The van der Waals surface area contributed by atoms with Crippen LogP contribution in [0, 0.1) is 0 Å². The highest BCUT2D eigenvalue weighted by Gasteiger charge is 2.23. The lowest BCUT2D eigenvalue weighted by molar-refractivity contribution is -0.120. The third kappa shape index (κ3) is 5.25. The number of hydrogen-bond donors (Lipinski definition) is 1. The number of hydrogen-bond acceptors (Lipinski definition) is 6. The van der Waals surface area contributed by atoms with Gasteiger partial charge in [0, 0.05) is 24.7 Å². The molecule has 1 fully saturated rings. The number of halogens is 1. The average molecular weight is 432 g/mol. The van der Waals surface area contributed by atoms with Gasteiger partial charge in [-0.1, -0.05) is 29.8 Å². The second-order valence-corrected chi connectivity index (χ2v) is 8.20. The number of nitrogens with one attached hydrogen (secondary N) is 1. The van der Waals surface area contributed by atoms with Gasteiger partial charge in [0.15, 0.2) is 0 Å². The second kappa shape index (κ2) is 9.54. The molecule has 3 aromatic rings. The molecule has 3 heterocycles. The predicted molar refractivity (Wildman–Crippen MR) is 113 cm³/mol. The molecular formula is C21H22ClN3O3S. The van der Waals surface area contributed by atoms with E-state index in [1.165, 1.54) is 0 Å². The van der Waals surface area contributed by atoms with Crippen LogP contribution < -0.4 is 5.32 Å². The normalized spacial score (nSPS) is 15.9. The number of oxazole rings is 1. The number of aromatic nitrogens is 1. The molecule has 1 aromatic carbocycles. The van der Waals surface area contributed by atoms with E-state index in [1.807, 2.05) is 41.8 Å². The van der Waals surface area contributed by atoms with Crippen LogP contribution in [-0.2, 0) is 16.0 Å². The zero-order valence-corrected chi connectivity index (χ0v) is 17.4. The predicted octanol–water partition coefficient (Wildman–Crippen LogP) is 3.79. The van der Waals surface area contributed by atoms with Crippen molar-refractivity contribution in [2.45, 2.75) is 12.5 Å². The molecule has 2 aromatic heterocycles. The summed E-state index contributed by atoms with van der Waals surface area (Å²) in [4.78, 5) is 20.2. The molecule has 29 heavy (non-hydrogen) atoms. The van der Waals surface area contributed by atoms with E-state index in [9.17, 15) is 4.79 Å². The van der Waals surface area contributed by atoms with Crippen LogP contribution in [0.15, 0.2) is 52.5 Å². The maximum absolute atomic E-state index is 12.5. The van der Waals surface area contributed by atoms with E-state index in [4.69, 9.17) is 20.8 Å². The van der Waals surface area contributed by atoms with Crippen LogP contribution in [0.5, 0.6) is 0 Å². The summed E-state index contributed by atoms with van der Waals surface area (Å²) in [5.74, 6) is 0.471. The van der Waals surface area contributed by atoms with E-state index >= 15 is 0 Å². The lowest BCUT2D eigenvalue weighted by atomic mass is 10.0. The number of amides is 1. The first-order valence-corrected chi connectivity index (χ1v) is 10.8. The molecule has 1 N–H and O–H groups in total. The van der Waals surface area contributed by atoms with Crippen LogP contribution in [0.2, 0.25) is 5.02 Å². The Balaban J connectivity index is 1.38. The zero-order chi connectivity index (χ0) is 20.1. The average Bonchev–Trinajstić information content (AvgIpc) is 3.42. The van der Waals surface area contributed by atoms with Crippen molar-refractivity contribution in [1.29, 1.82) is 0 Å². The molecule has 0 saturated carbocycles. The molecule has 8 heteroatoms. The first-order valence-electron chi connectivity index (χ1n) is 9.51. The molecule has 1 aliphatic heterocycles. The highest BCUT2D eigenvalue weighted by molar-refractivity contribution is 7.13. The largest absolute Gasteiger partial charge is 0.444 e. The third-order valence-corrected chi connectivity index (χ3v) is 5.97. The Morgan fingerprint density at radius 3 is 2.76 bits per heavy atom.